The number of aromatic nitrogens is 2. The van der Waals surface area contributed by atoms with Crippen molar-refractivity contribution < 1.29 is 9.53 Å². The molecule has 5 rings (SSSR count). The molecule has 162 valence electrons. The van der Waals surface area contributed by atoms with Gasteiger partial charge in [0.25, 0.3) is 5.91 Å². The molecule has 32 heavy (non-hydrogen) atoms. The molecule has 0 bridgehead atoms. The quantitative estimate of drug-likeness (QED) is 0.413. The normalized spacial score (nSPS) is 15.4. The Morgan fingerprint density at radius 3 is 2.72 bits per heavy atom. The van der Waals surface area contributed by atoms with Crippen LogP contribution in [0.15, 0.2) is 72.2 Å². The number of fused-ring (bicyclic) bond motifs is 1. The summed E-state index contributed by atoms with van der Waals surface area (Å²) in [5.74, 6) is 0.716. The van der Waals surface area contributed by atoms with Crippen LogP contribution in [0.5, 0.6) is 5.75 Å². The summed E-state index contributed by atoms with van der Waals surface area (Å²) in [6, 6.07) is 20.1. The van der Waals surface area contributed by atoms with Crippen molar-refractivity contribution in [2.75, 3.05) is 13.7 Å². The number of methoxy groups -OCH3 is 1. The van der Waals surface area contributed by atoms with Crippen molar-refractivity contribution in [1.29, 1.82) is 0 Å². The number of hydrogen-bond donors (Lipinski definition) is 0. The first-order chi connectivity index (χ1) is 15.7. The molecule has 2 aromatic carbocycles. The second-order valence-corrected chi connectivity index (χ2v) is 9.00. The number of amides is 1. The molecular formula is C26H25N3O2S. The van der Waals surface area contributed by atoms with Gasteiger partial charge in [0.2, 0.25) is 0 Å². The highest BCUT2D eigenvalue weighted by Gasteiger charge is 2.32. The molecule has 0 spiro atoms. The van der Waals surface area contributed by atoms with Crippen molar-refractivity contribution >= 4 is 17.2 Å². The lowest BCUT2D eigenvalue weighted by molar-refractivity contribution is 0.0680. The van der Waals surface area contributed by atoms with E-state index in [1.165, 1.54) is 10.4 Å². The molecule has 1 aliphatic heterocycles. The molecule has 1 unspecified atom stereocenters. The zero-order valence-electron chi connectivity index (χ0n) is 18.2. The van der Waals surface area contributed by atoms with Gasteiger partial charge in [0.1, 0.15) is 11.4 Å². The van der Waals surface area contributed by atoms with E-state index in [0.717, 1.165) is 17.5 Å². The molecule has 1 atom stereocenters. The van der Waals surface area contributed by atoms with E-state index in [2.05, 4.69) is 30.5 Å². The van der Waals surface area contributed by atoms with E-state index in [0.29, 0.717) is 30.1 Å². The first-order valence-corrected chi connectivity index (χ1v) is 11.7. The average Bonchev–Trinajstić information content (AvgIpc) is 3.47. The fourth-order valence-corrected chi connectivity index (χ4v) is 5.37. The highest BCUT2D eigenvalue weighted by molar-refractivity contribution is 7.10. The summed E-state index contributed by atoms with van der Waals surface area (Å²) in [5.41, 5.74) is 4.48. The molecule has 0 N–H and O–H groups in total. The van der Waals surface area contributed by atoms with Crippen LogP contribution in [0.3, 0.4) is 0 Å². The molecule has 1 aliphatic rings. The maximum atomic E-state index is 13.8. The molecule has 4 aromatic rings. The molecule has 0 fully saturated rings. The number of carbonyl (C=O) groups excluding carboxylic acids is 1. The van der Waals surface area contributed by atoms with Gasteiger partial charge in [-0.15, -0.1) is 11.3 Å². The molecule has 0 saturated carbocycles. The lowest BCUT2D eigenvalue weighted by Gasteiger charge is -2.33. The predicted molar refractivity (Wildman–Crippen MR) is 127 cm³/mol. The van der Waals surface area contributed by atoms with Crippen LogP contribution in [0, 0.1) is 0 Å². The van der Waals surface area contributed by atoms with Crippen molar-refractivity contribution in [3.63, 3.8) is 0 Å². The number of thiophene rings is 1. The van der Waals surface area contributed by atoms with E-state index >= 15 is 0 Å². The third kappa shape index (κ3) is 3.71. The third-order valence-corrected chi connectivity index (χ3v) is 7.08. The Kier molecular flexibility index (Phi) is 5.53. The number of carbonyl (C=O) groups is 1. The van der Waals surface area contributed by atoms with Crippen molar-refractivity contribution in [2.24, 2.45) is 0 Å². The first kappa shape index (κ1) is 20.5. The van der Waals surface area contributed by atoms with Crippen molar-refractivity contribution in [2.45, 2.75) is 25.9 Å². The largest absolute Gasteiger partial charge is 0.496 e. The number of para-hydroxylation sites is 1. The van der Waals surface area contributed by atoms with Gasteiger partial charge in [-0.2, -0.15) is 5.10 Å². The minimum atomic E-state index is 0.00886. The van der Waals surface area contributed by atoms with Crippen LogP contribution in [0.2, 0.25) is 0 Å². The summed E-state index contributed by atoms with van der Waals surface area (Å²) < 4.78 is 7.45. The summed E-state index contributed by atoms with van der Waals surface area (Å²) in [7, 11) is 1.64. The summed E-state index contributed by atoms with van der Waals surface area (Å²) in [5, 5.41) is 6.97. The Labute approximate surface area is 191 Å². The van der Waals surface area contributed by atoms with Gasteiger partial charge < -0.3 is 9.64 Å². The lowest BCUT2D eigenvalue weighted by atomic mass is 9.99. The Morgan fingerprint density at radius 2 is 1.91 bits per heavy atom. The van der Waals surface area contributed by atoms with Crippen LogP contribution < -0.4 is 4.74 Å². The standard InChI is InChI=1S/C26H25N3O2S/c1-18-20-13-15-32-24(20)12-14-29(18)26(30)22-17-28(16-19-8-4-3-5-9-19)27-25(22)21-10-6-7-11-23(21)31-2/h3-11,13,15,17-18H,12,14,16H2,1-2H3. The smallest absolute Gasteiger partial charge is 0.258 e. The Morgan fingerprint density at radius 1 is 1.12 bits per heavy atom. The van der Waals surface area contributed by atoms with Crippen LogP contribution >= 0.6 is 11.3 Å². The van der Waals surface area contributed by atoms with Gasteiger partial charge in [-0.05, 0) is 48.1 Å². The predicted octanol–water partition coefficient (Wildman–Crippen LogP) is 5.43. The number of benzene rings is 2. The minimum absolute atomic E-state index is 0.00886. The molecule has 2 aromatic heterocycles. The maximum Gasteiger partial charge on any atom is 0.258 e. The van der Waals surface area contributed by atoms with E-state index in [-0.39, 0.29) is 11.9 Å². The molecule has 1 amide bonds. The van der Waals surface area contributed by atoms with E-state index in [1.807, 2.05) is 58.2 Å². The zero-order valence-corrected chi connectivity index (χ0v) is 19.0. The van der Waals surface area contributed by atoms with E-state index in [9.17, 15) is 4.79 Å². The van der Waals surface area contributed by atoms with Crippen LogP contribution in [-0.2, 0) is 13.0 Å². The SMILES string of the molecule is COc1ccccc1-c1nn(Cc2ccccc2)cc1C(=O)N1CCc2sccc2C1C. The van der Waals surface area contributed by atoms with Gasteiger partial charge in [0.15, 0.2) is 0 Å². The Balaban J connectivity index is 1.56. The molecule has 0 saturated heterocycles. The van der Waals surface area contributed by atoms with Crippen molar-refractivity contribution in [1.82, 2.24) is 14.7 Å². The van der Waals surface area contributed by atoms with E-state index in [4.69, 9.17) is 9.84 Å². The van der Waals surface area contributed by atoms with Crippen LogP contribution in [0.25, 0.3) is 11.3 Å². The molecule has 6 heteroatoms. The fourth-order valence-electron chi connectivity index (χ4n) is 4.41. The second-order valence-electron chi connectivity index (χ2n) is 8.00. The molecule has 3 heterocycles. The van der Waals surface area contributed by atoms with Crippen LogP contribution in [0.1, 0.15) is 39.3 Å². The number of hydrogen-bond acceptors (Lipinski definition) is 4. The van der Waals surface area contributed by atoms with Gasteiger partial charge >= 0.3 is 0 Å². The van der Waals surface area contributed by atoms with E-state index < -0.39 is 0 Å². The highest BCUT2D eigenvalue weighted by atomic mass is 32.1. The van der Waals surface area contributed by atoms with Gasteiger partial charge in [-0.1, -0.05) is 42.5 Å². The molecule has 0 radical (unpaired) electrons. The second kappa shape index (κ2) is 8.63. The number of rotatable bonds is 5. The number of nitrogens with zero attached hydrogens (tertiary/aromatic N) is 3. The van der Waals surface area contributed by atoms with Crippen LogP contribution in [0.4, 0.5) is 0 Å². The summed E-state index contributed by atoms with van der Waals surface area (Å²) in [4.78, 5) is 17.2. The molecular weight excluding hydrogens is 418 g/mol. The van der Waals surface area contributed by atoms with Gasteiger partial charge in [0.05, 0.1) is 25.3 Å². The average molecular weight is 444 g/mol. The highest BCUT2D eigenvalue weighted by Crippen LogP contribution is 2.36. The van der Waals surface area contributed by atoms with Gasteiger partial charge in [-0.25, -0.2) is 0 Å². The summed E-state index contributed by atoms with van der Waals surface area (Å²) in [6.07, 6.45) is 2.78. The van der Waals surface area contributed by atoms with Crippen molar-refractivity contribution in [3.05, 3.63) is 93.8 Å². The Bertz CT molecular complexity index is 1240. The maximum absolute atomic E-state index is 13.8. The first-order valence-electron chi connectivity index (χ1n) is 10.8. The van der Waals surface area contributed by atoms with Gasteiger partial charge in [-0.3, -0.25) is 9.48 Å². The van der Waals surface area contributed by atoms with E-state index in [1.54, 1.807) is 18.4 Å². The summed E-state index contributed by atoms with van der Waals surface area (Å²) in [6.45, 7) is 3.42. The third-order valence-electron chi connectivity index (χ3n) is 6.08. The minimum Gasteiger partial charge on any atom is -0.496 e. The topological polar surface area (TPSA) is 47.4 Å². The molecule has 5 nitrogen and oxygen atoms in total. The fraction of sp³-hybridized carbons (Fsp3) is 0.231. The Hall–Kier alpha value is -3.38. The van der Waals surface area contributed by atoms with Gasteiger partial charge in [0, 0.05) is 23.2 Å². The number of ether oxygens (including phenoxy) is 1. The molecule has 0 aliphatic carbocycles. The zero-order chi connectivity index (χ0) is 22.1. The van der Waals surface area contributed by atoms with Crippen molar-refractivity contribution in [3.8, 4) is 17.0 Å². The van der Waals surface area contributed by atoms with Crippen LogP contribution in [-0.4, -0.2) is 34.2 Å². The monoisotopic (exact) mass is 443 g/mol. The summed E-state index contributed by atoms with van der Waals surface area (Å²) >= 11 is 1.78. The lowest BCUT2D eigenvalue weighted by Crippen LogP contribution is -2.38.